The molecule has 4 nitrogen and oxygen atoms in total. The number of sulfonamides is 1. The second kappa shape index (κ2) is 7.60. The standard InChI is InChI=1S/C20H22N2O2S2/c1-4-26(23,24)22(14-17-7-6-12-21-13-17)19-9-5-8-18(16(19)3)20-11-10-15(2)25-20/h5-13H,4,14H2,1-3H3. The second-order valence-electron chi connectivity index (χ2n) is 6.13. The average Bonchev–Trinajstić information content (AvgIpc) is 3.07. The molecular formula is C20H22N2O2S2. The first-order chi connectivity index (χ1) is 12.4. The van der Waals surface area contributed by atoms with Crippen molar-refractivity contribution in [3.63, 3.8) is 0 Å². The van der Waals surface area contributed by atoms with Crippen LogP contribution in [0.15, 0.2) is 54.9 Å². The molecule has 0 amide bonds. The molecule has 2 aromatic heterocycles. The van der Waals surface area contributed by atoms with Gasteiger partial charge in [0, 0.05) is 22.1 Å². The van der Waals surface area contributed by atoms with E-state index in [-0.39, 0.29) is 12.3 Å². The lowest BCUT2D eigenvalue weighted by atomic mass is 10.0. The summed E-state index contributed by atoms with van der Waals surface area (Å²) in [6.45, 7) is 6.01. The Labute approximate surface area is 159 Å². The summed E-state index contributed by atoms with van der Waals surface area (Å²) in [6.07, 6.45) is 3.40. The second-order valence-corrected chi connectivity index (χ2v) is 9.60. The Morgan fingerprint density at radius 1 is 1.08 bits per heavy atom. The number of aryl methyl sites for hydroxylation is 1. The number of hydrogen-bond acceptors (Lipinski definition) is 4. The summed E-state index contributed by atoms with van der Waals surface area (Å²) in [6, 6.07) is 13.7. The Balaban J connectivity index is 2.10. The van der Waals surface area contributed by atoms with Crippen LogP contribution in [0.1, 0.15) is 22.9 Å². The molecule has 3 aromatic rings. The number of nitrogens with zero attached hydrogens (tertiary/aromatic N) is 2. The van der Waals surface area contributed by atoms with Crippen LogP contribution >= 0.6 is 11.3 Å². The van der Waals surface area contributed by atoms with Gasteiger partial charge in [-0.05, 0) is 61.7 Å². The van der Waals surface area contributed by atoms with Gasteiger partial charge in [0.1, 0.15) is 0 Å². The summed E-state index contributed by atoms with van der Waals surface area (Å²) in [5.74, 6) is 0.0506. The van der Waals surface area contributed by atoms with Crippen molar-refractivity contribution in [3.8, 4) is 10.4 Å². The molecule has 0 atom stereocenters. The monoisotopic (exact) mass is 386 g/mol. The Kier molecular flexibility index (Phi) is 5.44. The molecule has 3 rings (SSSR count). The molecule has 0 saturated heterocycles. The molecule has 0 saturated carbocycles. The van der Waals surface area contributed by atoms with Crippen molar-refractivity contribution in [2.75, 3.05) is 10.1 Å². The highest BCUT2D eigenvalue weighted by molar-refractivity contribution is 7.92. The summed E-state index contributed by atoms with van der Waals surface area (Å²) in [7, 11) is -3.42. The van der Waals surface area contributed by atoms with E-state index in [1.54, 1.807) is 30.7 Å². The minimum absolute atomic E-state index is 0.0506. The highest BCUT2D eigenvalue weighted by Gasteiger charge is 2.23. The van der Waals surface area contributed by atoms with E-state index in [2.05, 4.69) is 24.0 Å². The first kappa shape index (κ1) is 18.6. The Hall–Kier alpha value is -2.18. The average molecular weight is 387 g/mol. The van der Waals surface area contributed by atoms with Gasteiger partial charge in [0.15, 0.2) is 0 Å². The maximum Gasteiger partial charge on any atom is 0.235 e. The summed E-state index contributed by atoms with van der Waals surface area (Å²) in [5.41, 5.74) is 3.62. The fourth-order valence-electron chi connectivity index (χ4n) is 2.89. The van der Waals surface area contributed by atoms with Crippen molar-refractivity contribution in [2.24, 2.45) is 0 Å². The van der Waals surface area contributed by atoms with Gasteiger partial charge in [0.2, 0.25) is 10.0 Å². The van der Waals surface area contributed by atoms with Crippen molar-refractivity contribution < 1.29 is 8.42 Å². The van der Waals surface area contributed by atoms with E-state index in [1.807, 2.05) is 37.3 Å². The molecule has 0 spiro atoms. The number of hydrogen-bond donors (Lipinski definition) is 0. The molecule has 0 fully saturated rings. The van der Waals surface area contributed by atoms with Crippen molar-refractivity contribution in [2.45, 2.75) is 27.3 Å². The topological polar surface area (TPSA) is 50.3 Å². The van der Waals surface area contributed by atoms with Gasteiger partial charge in [0.25, 0.3) is 0 Å². The molecule has 0 aliphatic rings. The lowest BCUT2D eigenvalue weighted by molar-refractivity contribution is 0.591. The summed E-state index contributed by atoms with van der Waals surface area (Å²) in [5, 5.41) is 0. The van der Waals surface area contributed by atoms with Gasteiger partial charge in [-0.25, -0.2) is 8.42 Å². The Morgan fingerprint density at radius 3 is 2.50 bits per heavy atom. The maximum atomic E-state index is 12.8. The van der Waals surface area contributed by atoms with Gasteiger partial charge < -0.3 is 0 Å². The zero-order valence-corrected chi connectivity index (χ0v) is 16.8. The first-order valence-corrected chi connectivity index (χ1v) is 10.9. The van der Waals surface area contributed by atoms with Crippen LogP contribution in [0, 0.1) is 13.8 Å². The predicted octanol–water partition coefficient (Wildman–Crippen LogP) is 4.78. The first-order valence-electron chi connectivity index (χ1n) is 8.48. The zero-order chi connectivity index (χ0) is 18.7. The predicted molar refractivity (Wildman–Crippen MR) is 109 cm³/mol. The third-order valence-electron chi connectivity index (χ3n) is 4.33. The van der Waals surface area contributed by atoms with Gasteiger partial charge in [0.05, 0.1) is 18.0 Å². The maximum absolute atomic E-state index is 12.8. The lowest BCUT2D eigenvalue weighted by Gasteiger charge is -2.26. The van der Waals surface area contributed by atoms with Crippen LogP contribution < -0.4 is 4.31 Å². The van der Waals surface area contributed by atoms with Crippen LogP contribution in [0.5, 0.6) is 0 Å². The van der Waals surface area contributed by atoms with Crippen molar-refractivity contribution in [1.29, 1.82) is 0 Å². The van der Waals surface area contributed by atoms with Gasteiger partial charge in [-0.15, -0.1) is 11.3 Å². The third kappa shape index (κ3) is 3.81. The summed E-state index contributed by atoms with van der Waals surface area (Å²) < 4.78 is 27.1. The molecule has 136 valence electrons. The molecule has 1 aromatic carbocycles. The minimum atomic E-state index is -3.42. The molecule has 26 heavy (non-hydrogen) atoms. The number of anilines is 1. The van der Waals surface area contributed by atoms with Gasteiger partial charge in [-0.2, -0.15) is 0 Å². The molecule has 0 bridgehead atoms. The zero-order valence-electron chi connectivity index (χ0n) is 15.1. The molecule has 2 heterocycles. The summed E-state index contributed by atoms with van der Waals surface area (Å²) >= 11 is 1.71. The third-order valence-corrected chi connectivity index (χ3v) is 7.09. The lowest BCUT2D eigenvalue weighted by Crippen LogP contribution is -2.32. The highest BCUT2D eigenvalue weighted by Crippen LogP contribution is 2.36. The minimum Gasteiger partial charge on any atom is -0.265 e. The van der Waals surface area contributed by atoms with Gasteiger partial charge in [-0.3, -0.25) is 9.29 Å². The normalized spacial score (nSPS) is 11.5. The highest BCUT2D eigenvalue weighted by atomic mass is 32.2. The van der Waals surface area contributed by atoms with Crippen molar-refractivity contribution >= 4 is 27.0 Å². The SMILES string of the molecule is CCS(=O)(=O)N(Cc1cccnc1)c1cccc(-c2ccc(C)s2)c1C. The summed E-state index contributed by atoms with van der Waals surface area (Å²) in [4.78, 5) is 6.49. The van der Waals surface area contributed by atoms with E-state index >= 15 is 0 Å². The van der Waals surface area contributed by atoms with E-state index in [0.717, 1.165) is 27.3 Å². The van der Waals surface area contributed by atoms with Crippen LogP contribution in [0.2, 0.25) is 0 Å². The van der Waals surface area contributed by atoms with Crippen molar-refractivity contribution in [1.82, 2.24) is 4.98 Å². The number of aromatic nitrogens is 1. The van der Waals surface area contributed by atoms with Gasteiger partial charge >= 0.3 is 0 Å². The molecule has 6 heteroatoms. The number of thiophene rings is 1. The van der Waals surface area contributed by atoms with Crippen molar-refractivity contribution in [3.05, 3.63) is 70.9 Å². The van der Waals surface area contributed by atoms with E-state index < -0.39 is 10.0 Å². The molecule has 0 radical (unpaired) electrons. The fourth-order valence-corrected chi connectivity index (χ4v) is 4.99. The molecular weight excluding hydrogens is 364 g/mol. The quantitative estimate of drug-likeness (QED) is 0.612. The number of pyridine rings is 1. The smallest absolute Gasteiger partial charge is 0.235 e. The van der Waals surface area contributed by atoms with Crippen LogP contribution in [-0.2, 0) is 16.6 Å². The van der Waals surface area contributed by atoms with E-state index in [0.29, 0.717) is 0 Å². The van der Waals surface area contributed by atoms with E-state index in [4.69, 9.17) is 0 Å². The van der Waals surface area contributed by atoms with E-state index in [1.165, 1.54) is 9.18 Å². The van der Waals surface area contributed by atoms with Gasteiger partial charge in [-0.1, -0.05) is 18.2 Å². The Bertz CT molecular complexity index is 996. The van der Waals surface area contributed by atoms with Crippen LogP contribution in [0.4, 0.5) is 5.69 Å². The molecule has 0 aliphatic heterocycles. The fraction of sp³-hybridized carbons (Fsp3) is 0.250. The molecule has 0 N–H and O–H groups in total. The van der Waals surface area contributed by atoms with Crippen LogP contribution in [0.3, 0.4) is 0 Å². The van der Waals surface area contributed by atoms with Crippen LogP contribution in [-0.4, -0.2) is 19.2 Å². The largest absolute Gasteiger partial charge is 0.265 e. The number of benzene rings is 1. The number of rotatable bonds is 6. The van der Waals surface area contributed by atoms with E-state index in [9.17, 15) is 8.42 Å². The van der Waals surface area contributed by atoms with Crippen LogP contribution in [0.25, 0.3) is 10.4 Å². The molecule has 0 aliphatic carbocycles. The Morgan fingerprint density at radius 2 is 1.88 bits per heavy atom. The molecule has 0 unspecified atom stereocenters.